The third-order valence-electron chi connectivity index (χ3n) is 5.45. The summed E-state index contributed by atoms with van der Waals surface area (Å²) in [7, 11) is -3.32. The SMILES string of the molecule is CS(=O)(=O)NC[C@@H]1CCCN(C(=O)Nc2cc(C(F)(F)F)ccc2N2CCCC2)C1. The Hall–Kier alpha value is -2.01. The Morgan fingerprint density at radius 2 is 1.87 bits per heavy atom. The monoisotopic (exact) mass is 448 g/mol. The lowest BCUT2D eigenvalue weighted by molar-refractivity contribution is -0.137. The normalized spacial score (nSPS) is 20.5. The second-order valence-corrected chi connectivity index (χ2v) is 9.76. The number of piperidine rings is 1. The lowest BCUT2D eigenvalue weighted by Gasteiger charge is -2.33. The van der Waals surface area contributed by atoms with Crippen molar-refractivity contribution in [2.75, 3.05) is 49.2 Å². The van der Waals surface area contributed by atoms with Crippen molar-refractivity contribution in [3.63, 3.8) is 0 Å². The summed E-state index contributed by atoms with van der Waals surface area (Å²) in [6.45, 7) is 2.51. The average Bonchev–Trinajstić information content (AvgIpc) is 3.20. The molecule has 0 aromatic heterocycles. The molecule has 2 heterocycles. The van der Waals surface area contributed by atoms with E-state index in [4.69, 9.17) is 0 Å². The first-order valence-corrected chi connectivity index (χ1v) is 11.9. The fourth-order valence-electron chi connectivity index (χ4n) is 3.93. The molecule has 2 saturated heterocycles. The molecule has 2 aliphatic rings. The van der Waals surface area contributed by atoms with Crippen molar-refractivity contribution in [3.8, 4) is 0 Å². The molecule has 11 heteroatoms. The number of carbonyl (C=O) groups excluding carboxylic acids is 1. The molecule has 1 aromatic carbocycles. The number of benzene rings is 1. The molecule has 0 spiro atoms. The third kappa shape index (κ3) is 6.00. The van der Waals surface area contributed by atoms with Crippen molar-refractivity contribution in [1.82, 2.24) is 9.62 Å². The highest BCUT2D eigenvalue weighted by Crippen LogP contribution is 2.36. The molecule has 3 rings (SSSR count). The number of hydrogen-bond donors (Lipinski definition) is 2. The van der Waals surface area contributed by atoms with Crippen LogP contribution in [0.15, 0.2) is 18.2 Å². The molecule has 30 heavy (non-hydrogen) atoms. The standard InChI is InChI=1S/C19H27F3N4O3S/c1-30(28,29)23-12-14-5-4-10-26(13-14)18(27)24-16-11-15(19(20,21)22)6-7-17(16)25-8-2-3-9-25/h6-7,11,14,23H,2-5,8-10,12-13H2,1H3,(H,24,27)/t14-/m0/s1. The van der Waals surface area contributed by atoms with Crippen LogP contribution in [0, 0.1) is 5.92 Å². The first-order valence-electron chi connectivity index (χ1n) is 10.00. The molecule has 2 amide bonds. The van der Waals surface area contributed by atoms with Crippen molar-refractivity contribution in [1.29, 1.82) is 0 Å². The summed E-state index contributed by atoms with van der Waals surface area (Å²) in [6, 6.07) is 2.97. The van der Waals surface area contributed by atoms with E-state index < -0.39 is 27.8 Å². The van der Waals surface area contributed by atoms with Crippen LogP contribution < -0.4 is 14.9 Å². The van der Waals surface area contributed by atoms with Gasteiger partial charge in [0.15, 0.2) is 0 Å². The maximum absolute atomic E-state index is 13.2. The van der Waals surface area contributed by atoms with Crippen LogP contribution in [0.2, 0.25) is 0 Å². The Morgan fingerprint density at radius 1 is 1.17 bits per heavy atom. The van der Waals surface area contributed by atoms with Crippen LogP contribution in [0.25, 0.3) is 0 Å². The van der Waals surface area contributed by atoms with E-state index in [1.807, 2.05) is 4.90 Å². The maximum Gasteiger partial charge on any atom is 0.416 e. The Bertz CT molecular complexity index is 870. The number of sulfonamides is 1. The second-order valence-electron chi connectivity index (χ2n) is 7.93. The van der Waals surface area contributed by atoms with E-state index >= 15 is 0 Å². The van der Waals surface area contributed by atoms with Gasteiger partial charge >= 0.3 is 12.2 Å². The van der Waals surface area contributed by atoms with Crippen LogP contribution in [-0.4, -0.2) is 58.3 Å². The van der Waals surface area contributed by atoms with E-state index in [0.717, 1.165) is 50.7 Å². The van der Waals surface area contributed by atoms with E-state index in [1.54, 1.807) is 0 Å². The van der Waals surface area contributed by atoms with Gasteiger partial charge in [0.05, 0.1) is 23.2 Å². The molecule has 0 radical (unpaired) electrons. The van der Waals surface area contributed by atoms with Gasteiger partial charge in [-0.1, -0.05) is 0 Å². The fraction of sp³-hybridized carbons (Fsp3) is 0.632. The molecule has 2 N–H and O–H groups in total. The number of halogens is 3. The topological polar surface area (TPSA) is 81.8 Å². The van der Waals surface area contributed by atoms with Crippen molar-refractivity contribution in [2.24, 2.45) is 5.92 Å². The van der Waals surface area contributed by atoms with Crippen molar-refractivity contribution >= 4 is 27.4 Å². The van der Waals surface area contributed by atoms with Crippen LogP contribution in [0.5, 0.6) is 0 Å². The van der Waals surface area contributed by atoms with Crippen LogP contribution in [0.1, 0.15) is 31.2 Å². The molecule has 7 nitrogen and oxygen atoms in total. The van der Waals surface area contributed by atoms with E-state index in [-0.39, 0.29) is 18.2 Å². The average molecular weight is 449 g/mol. The Morgan fingerprint density at radius 3 is 2.50 bits per heavy atom. The van der Waals surface area contributed by atoms with Gasteiger partial charge in [-0.15, -0.1) is 0 Å². The summed E-state index contributed by atoms with van der Waals surface area (Å²) in [5.74, 6) is -0.0428. The van der Waals surface area contributed by atoms with E-state index in [0.29, 0.717) is 25.2 Å². The number of alkyl halides is 3. The molecule has 0 bridgehead atoms. The van der Waals surface area contributed by atoms with E-state index in [1.165, 1.54) is 11.0 Å². The predicted molar refractivity (Wildman–Crippen MR) is 109 cm³/mol. The van der Waals surface area contributed by atoms with Gasteiger partial charge in [-0.05, 0) is 49.8 Å². The lowest BCUT2D eigenvalue weighted by Crippen LogP contribution is -2.45. The van der Waals surface area contributed by atoms with Crippen LogP contribution >= 0.6 is 0 Å². The number of rotatable bonds is 5. The minimum Gasteiger partial charge on any atom is -0.370 e. The quantitative estimate of drug-likeness (QED) is 0.725. The molecule has 0 unspecified atom stereocenters. The number of likely N-dealkylation sites (tertiary alicyclic amines) is 1. The molecule has 0 aliphatic carbocycles. The third-order valence-corrected chi connectivity index (χ3v) is 6.14. The van der Waals surface area contributed by atoms with E-state index in [2.05, 4.69) is 10.0 Å². The first kappa shape index (κ1) is 22.7. The predicted octanol–water partition coefficient (Wildman–Crippen LogP) is 3.10. The van der Waals surface area contributed by atoms with Gasteiger partial charge in [0.1, 0.15) is 0 Å². The highest BCUT2D eigenvalue weighted by atomic mass is 32.2. The summed E-state index contributed by atoms with van der Waals surface area (Å²) >= 11 is 0. The van der Waals surface area contributed by atoms with Crippen LogP contribution in [0.4, 0.5) is 29.3 Å². The van der Waals surface area contributed by atoms with Crippen molar-refractivity contribution in [2.45, 2.75) is 31.9 Å². The highest BCUT2D eigenvalue weighted by Gasteiger charge is 2.32. The Kier molecular flexibility index (Phi) is 6.81. The van der Waals surface area contributed by atoms with Gasteiger partial charge in [-0.2, -0.15) is 13.2 Å². The van der Waals surface area contributed by atoms with Crippen molar-refractivity contribution < 1.29 is 26.4 Å². The summed E-state index contributed by atoms with van der Waals surface area (Å²) < 4.78 is 64.7. The minimum absolute atomic E-state index is 0.0428. The number of hydrogen-bond acceptors (Lipinski definition) is 4. The number of anilines is 2. The Balaban J connectivity index is 1.74. The van der Waals surface area contributed by atoms with Gasteiger partial charge < -0.3 is 15.1 Å². The first-order chi connectivity index (χ1) is 14.0. The van der Waals surface area contributed by atoms with Gasteiger partial charge in [0, 0.05) is 32.7 Å². The fourth-order valence-corrected chi connectivity index (χ4v) is 4.46. The molecular formula is C19H27F3N4O3S. The molecule has 2 aliphatic heterocycles. The molecule has 0 saturated carbocycles. The zero-order chi connectivity index (χ0) is 21.9. The number of urea groups is 1. The minimum atomic E-state index is -4.50. The Labute approximate surface area is 174 Å². The van der Waals surface area contributed by atoms with Gasteiger partial charge in [-0.3, -0.25) is 0 Å². The molecule has 1 aromatic rings. The highest BCUT2D eigenvalue weighted by molar-refractivity contribution is 7.88. The van der Waals surface area contributed by atoms with Gasteiger partial charge in [0.25, 0.3) is 0 Å². The largest absolute Gasteiger partial charge is 0.416 e. The van der Waals surface area contributed by atoms with Gasteiger partial charge in [-0.25, -0.2) is 17.9 Å². The summed E-state index contributed by atoms with van der Waals surface area (Å²) in [5.41, 5.74) is -0.0797. The molecule has 2 fully saturated rings. The maximum atomic E-state index is 13.2. The van der Waals surface area contributed by atoms with Crippen LogP contribution in [0.3, 0.4) is 0 Å². The summed E-state index contributed by atoms with van der Waals surface area (Å²) in [6.07, 6.45) is -0.0462. The number of carbonyl (C=O) groups is 1. The number of amides is 2. The summed E-state index contributed by atoms with van der Waals surface area (Å²) in [5, 5.41) is 2.67. The number of nitrogens with one attached hydrogen (secondary N) is 2. The number of nitrogens with zero attached hydrogens (tertiary/aromatic N) is 2. The second kappa shape index (κ2) is 9.01. The molecule has 168 valence electrons. The summed E-state index contributed by atoms with van der Waals surface area (Å²) in [4.78, 5) is 16.3. The lowest BCUT2D eigenvalue weighted by atomic mass is 9.99. The van der Waals surface area contributed by atoms with Crippen LogP contribution in [-0.2, 0) is 16.2 Å². The van der Waals surface area contributed by atoms with E-state index in [9.17, 15) is 26.4 Å². The molecule has 1 atom stereocenters. The smallest absolute Gasteiger partial charge is 0.370 e. The van der Waals surface area contributed by atoms with Crippen molar-refractivity contribution in [3.05, 3.63) is 23.8 Å². The zero-order valence-corrected chi connectivity index (χ0v) is 17.7. The van der Waals surface area contributed by atoms with Gasteiger partial charge in [0.2, 0.25) is 10.0 Å². The molecular weight excluding hydrogens is 421 g/mol. The zero-order valence-electron chi connectivity index (χ0n) is 16.8.